The van der Waals surface area contributed by atoms with Gasteiger partial charge in [0.2, 0.25) is 11.8 Å². The number of carbonyl (C=O) groups is 1. The molecule has 3 fully saturated rings. The van der Waals surface area contributed by atoms with Crippen LogP contribution < -0.4 is 5.32 Å². The van der Waals surface area contributed by atoms with Crippen molar-refractivity contribution >= 4 is 11.9 Å². The molecule has 0 radical (unpaired) electrons. The maximum absolute atomic E-state index is 12.7. The second kappa shape index (κ2) is 6.33. The quantitative estimate of drug-likeness (QED) is 0.856. The number of nitrogens with zero attached hydrogens (tertiary/aromatic N) is 3. The third kappa shape index (κ3) is 3.09. The van der Waals surface area contributed by atoms with Crippen LogP contribution in [-0.4, -0.2) is 40.1 Å². The minimum atomic E-state index is -0.360. The number of likely N-dealkylation sites (tertiary alicyclic amines) is 1. The molecule has 2 aliphatic carbocycles. The molecule has 1 aliphatic heterocycles. The van der Waals surface area contributed by atoms with E-state index in [-0.39, 0.29) is 23.3 Å². The number of carbonyl (C=O) groups excluding carboxylic acids is 1. The van der Waals surface area contributed by atoms with E-state index < -0.39 is 0 Å². The van der Waals surface area contributed by atoms with Crippen molar-refractivity contribution in [2.45, 2.75) is 63.3 Å². The number of nitrogens with one attached hydrogen (secondary N) is 1. The summed E-state index contributed by atoms with van der Waals surface area (Å²) in [5.74, 6) is 1.01. The van der Waals surface area contributed by atoms with Crippen molar-refractivity contribution in [2.75, 3.05) is 18.4 Å². The smallest absolute Gasteiger partial charge is 0.316 e. The molecule has 0 bridgehead atoms. The average molecular weight is 380 g/mol. The number of rotatable bonds is 5. The van der Waals surface area contributed by atoms with Crippen LogP contribution in [0.3, 0.4) is 0 Å². The molecule has 2 saturated carbocycles. The van der Waals surface area contributed by atoms with E-state index >= 15 is 0 Å². The molecule has 148 valence electrons. The predicted molar refractivity (Wildman–Crippen MR) is 106 cm³/mol. The lowest BCUT2D eigenvalue weighted by atomic mass is 9.93. The van der Waals surface area contributed by atoms with Crippen molar-refractivity contribution in [3.8, 4) is 0 Å². The number of aromatic nitrogens is 2. The summed E-state index contributed by atoms with van der Waals surface area (Å²) >= 11 is 0. The largest absolute Gasteiger partial charge is 0.408 e. The van der Waals surface area contributed by atoms with Crippen LogP contribution in [-0.2, 0) is 10.2 Å². The van der Waals surface area contributed by atoms with Crippen molar-refractivity contribution in [1.29, 1.82) is 0 Å². The maximum Gasteiger partial charge on any atom is 0.316 e. The number of hydrogen-bond donors (Lipinski definition) is 1. The van der Waals surface area contributed by atoms with Crippen LogP contribution in [0.4, 0.5) is 6.01 Å². The van der Waals surface area contributed by atoms with E-state index in [9.17, 15) is 4.79 Å². The average Bonchev–Trinajstić information content (AvgIpc) is 3.58. The Hall–Kier alpha value is -2.37. The Morgan fingerprint density at radius 1 is 1.18 bits per heavy atom. The third-order valence-corrected chi connectivity index (χ3v) is 7.21. The summed E-state index contributed by atoms with van der Waals surface area (Å²) in [5, 5.41) is 11.5. The van der Waals surface area contributed by atoms with Crippen molar-refractivity contribution in [1.82, 2.24) is 15.1 Å². The molecule has 1 N–H and O–H groups in total. The number of piperidine rings is 1. The highest BCUT2D eigenvalue weighted by atomic mass is 16.4. The Labute approximate surface area is 165 Å². The summed E-state index contributed by atoms with van der Waals surface area (Å²) < 4.78 is 5.87. The first-order valence-electron chi connectivity index (χ1n) is 10.4. The number of anilines is 1. The van der Waals surface area contributed by atoms with Gasteiger partial charge in [0.05, 0.1) is 0 Å². The maximum atomic E-state index is 12.7. The second-order valence-corrected chi connectivity index (χ2v) is 9.18. The van der Waals surface area contributed by atoms with E-state index in [0.717, 1.165) is 32.4 Å². The van der Waals surface area contributed by atoms with E-state index in [2.05, 4.69) is 46.7 Å². The first-order chi connectivity index (χ1) is 13.5. The van der Waals surface area contributed by atoms with Crippen LogP contribution >= 0.6 is 0 Å². The van der Waals surface area contributed by atoms with E-state index in [4.69, 9.17) is 4.42 Å². The van der Waals surface area contributed by atoms with Crippen molar-refractivity contribution in [2.24, 2.45) is 5.41 Å². The summed E-state index contributed by atoms with van der Waals surface area (Å²) in [4.78, 5) is 14.7. The number of hydrogen-bond acceptors (Lipinski definition) is 5. The van der Waals surface area contributed by atoms with Crippen LogP contribution in [0.5, 0.6) is 0 Å². The molecule has 1 aromatic heterocycles. The van der Waals surface area contributed by atoms with Gasteiger partial charge >= 0.3 is 6.01 Å². The van der Waals surface area contributed by atoms with E-state index in [1.165, 1.54) is 18.4 Å². The highest BCUT2D eigenvalue weighted by Crippen LogP contribution is 2.59. The Balaban J connectivity index is 1.19. The normalized spacial score (nSPS) is 28.8. The molecule has 5 rings (SSSR count). The Morgan fingerprint density at radius 2 is 1.89 bits per heavy atom. The minimum Gasteiger partial charge on any atom is -0.408 e. The summed E-state index contributed by atoms with van der Waals surface area (Å²) in [5.41, 5.74) is 1.93. The molecule has 6 heteroatoms. The van der Waals surface area contributed by atoms with E-state index in [1.807, 2.05) is 17.9 Å². The van der Waals surface area contributed by atoms with Gasteiger partial charge in [-0.3, -0.25) is 4.79 Å². The van der Waals surface area contributed by atoms with Crippen LogP contribution in [0, 0.1) is 5.41 Å². The van der Waals surface area contributed by atoms with E-state index in [0.29, 0.717) is 17.3 Å². The molecule has 3 atom stereocenters. The van der Waals surface area contributed by atoms with E-state index in [1.54, 1.807) is 0 Å². The monoisotopic (exact) mass is 380 g/mol. The van der Waals surface area contributed by atoms with Crippen molar-refractivity contribution in [3.05, 3.63) is 41.8 Å². The van der Waals surface area contributed by atoms with Crippen LogP contribution in [0.15, 0.2) is 34.7 Å². The fourth-order valence-corrected chi connectivity index (χ4v) is 4.70. The molecular formula is C22H28N4O2. The topological polar surface area (TPSA) is 71.3 Å². The van der Waals surface area contributed by atoms with Crippen LogP contribution in [0.2, 0.25) is 0 Å². The summed E-state index contributed by atoms with van der Waals surface area (Å²) in [6.45, 7) is 5.85. The van der Waals surface area contributed by atoms with Crippen LogP contribution in [0.25, 0.3) is 0 Å². The second-order valence-electron chi connectivity index (χ2n) is 9.18. The van der Waals surface area contributed by atoms with Gasteiger partial charge in [0.15, 0.2) is 0 Å². The SMILES string of the molecule is C[C@H](Nc1nnc([C@H]2C[C@@]2(C)c2ccccc2)o1)C(=O)N1CCC2(CC1)CC2. The van der Waals surface area contributed by atoms with Gasteiger partial charge in [-0.2, -0.15) is 0 Å². The van der Waals surface area contributed by atoms with Gasteiger partial charge in [0.25, 0.3) is 0 Å². The lowest BCUT2D eigenvalue weighted by Gasteiger charge is -2.33. The molecular weight excluding hydrogens is 352 g/mol. The standard InChI is InChI=1S/C22H28N4O2/c1-15(19(27)26-12-10-22(8-9-22)11-13-26)23-20-25-24-18(28-20)17-14-21(17,2)16-6-4-3-5-7-16/h3-7,15,17H,8-14H2,1-2H3,(H,23,25)/t15-,17+,21-/m0/s1. The third-order valence-electron chi connectivity index (χ3n) is 7.21. The number of amides is 1. The molecule has 3 aliphatic rings. The molecule has 1 aromatic carbocycles. The van der Waals surface area contributed by atoms with Crippen molar-refractivity contribution in [3.63, 3.8) is 0 Å². The zero-order valence-electron chi connectivity index (χ0n) is 16.6. The molecule has 2 aromatic rings. The molecule has 2 heterocycles. The summed E-state index contributed by atoms with van der Waals surface area (Å²) in [6.07, 6.45) is 5.99. The Morgan fingerprint density at radius 3 is 2.57 bits per heavy atom. The zero-order valence-corrected chi connectivity index (χ0v) is 16.6. The first kappa shape index (κ1) is 17.7. The predicted octanol–water partition coefficient (Wildman–Crippen LogP) is 3.72. The lowest BCUT2D eigenvalue weighted by Crippen LogP contribution is -2.45. The molecule has 1 spiro atoms. The highest BCUT2D eigenvalue weighted by Gasteiger charge is 2.55. The van der Waals surface area contributed by atoms with Crippen molar-refractivity contribution < 1.29 is 9.21 Å². The van der Waals surface area contributed by atoms with Gasteiger partial charge in [0, 0.05) is 24.4 Å². The van der Waals surface area contributed by atoms with Gasteiger partial charge in [-0.15, -0.1) is 5.10 Å². The molecule has 28 heavy (non-hydrogen) atoms. The lowest BCUT2D eigenvalue weighted by molar-refractivity contribution is -0.133. The fourth-order valence-electron chi connectivity index (χ4n) is 4.70. The van der Waals surface area contributed by atoms with Gasteiger partial charge in [0.1, 0.15) is 6.04 Å². The first-order valence-corrected chi connectivity index (χ1v) is 10.4. The summed E-state index contributed by atoms with van der Waals surface area (Å²) in [6, 6.07) is 10.5. The van der Waals surface area contributed by atoms with Gasteiger partial charge in [-0.05, 0) is 50.0 Å². The minimum absolute atomic E-state index is 0.0546. The molecule has 1 saturated heterocycles. The fraction of sp³-hybridized carbons (Fsp3) is 0.591. The Bertz CT molecular complexity index is 866. The number of benzene rings is 1. The van der Waals surface area contributed by atoms with Gasteiger partial charge < -0.3 is 14.6 Å². The summed E-state index contributed by atoms with van der Waals surface area (Å²) in [7, 11) is 0. The van der Waals surface area contributed by atoms with Crippen LogP contribution in [0.1, 0.15) is 63.3 Å². The molecule has 0 unspecified atom stereocenters. The highest BCUT2D eigenvalue weighted by molar-refractivity contribution is 5.83. The van der Waals surface area contributed by atoms with Gasteiger partial charge in [-0.25, -0.2) is 0 Å². The van der Waals surface area contributed by atoms with Gasteiger partial charge in [-0.1, -0.05) is 42.4 Å². The molecule has 1 amide bonds. The molecule has 6 nitrogen and oxygen atoms in total. The Kier molecular flexibility index (Phi) is 4.00. The zero-order chi connectivity index (χ0) is 19.4.